The van der Waals surface area contributed by atoms with Crippen LogP contribution >= 0.6 is 0 Å². The van der Waals surface area contributed by atoms with Crippen molar-refractivity contribution in [3.05, 3.63) is 36.4 Å². The Morgan fingerprint density at radius 3 is 2.40 bits per heavy atom. The summed E-state index contributed by atoms with van der Waals surface area (Å²) in [5, 5.41) is 4.97. The Morgan fingerprint density at radius 2 is 1.76 bits per heavy atom. The van der Waals surface area contributed by atoms with E-state index < -0.39 is 95.7 Å². The lowest BCUT2D eigenvalue weighted by Gasteiger charge is -2.35. The van der Waals surface area contributed by atoms with E-state index in [-0.39, 0.29) is 54.3 Å². The first-order valence-corrected chi connectivity index (χ1v) is 24.0. The number of nitrogens with zero attached hydrogens (tertiary/aromatic N) is 2. The summed E-state index contributed by atoms with van der Waals surface area (Å²) in [4.78, 5) is 61.9. The number of alkyl carbamates (subject to hydrolysis) is 1. The van der Waals surface area contributed by atoms with Crippen LogP contribution in [0.15, 0.2) is 30.9 Å². The number of hydrogen-bond donors (Lipinski definition) is 3. The molecule has 3 aliphatic carbocycles. The van der Waals surface area contributed by atoms with Gasteiger partial charge in [0.15, 0.2) is 0 Å². The average molecular weight is 928 g/mol. The van der Waals surface area contributed by atoms with Gasteiger partial charge >= 0.3 is 21.7 Å². The van der Waals surface area contributed by atoms with E-state index in [4.69, 9.17) is 14.2 Å². The molecule has 0 radical (unpaired) electrons. The highest BCUT2D eigenvalue weighted by atomic mass is 32.2. The monoisotopic (exact) mass is 927 g/mol. The standard InChI is InChI=1S/C41H52F3N5O12S2/c1-5-25-20-40(25,37(52)48-62(54,55)27-13-14-27)47-35(50)30-17-26-21-49(30)36(51)34(23-10-7-6-8-11-23)46-38(53)59-22-39(2,3)15-9-12-24-16-28-29(18-31(24)58-4)45-33(19-32(28)60-26)61-63(56,57)41(42,43)44/h5,16,18-19,23,25-27,30,34H,1,6-15,17,20-22H2,2-4H3,(H,46,53)(H,47,50)(H,48,52)/t25-,26-,30+,34+,40?/m1/s1. The molecule has 4 amide bonds. The van der Waals surface area contributed by atoms with Crippen LogP contribution in [0, 0.1) is 17.3 Å². The van der Waals surface area contributed by atoms with E-state index in [9.17, 15) is 49.2 Å². The normalized spacial score (nSPS) is 27.2. The molecule has 3 heterocycles. The van der Waals surface area contributed by atoms with Crippen molar-refractivity contribution >= 4 is 54.9 Å². The Balaban J connectivity index is 1.30. The van der Waals surface area contributed by atoms with Gasteiger partial charge in [0.1, 0.15) is 35.2 Å². The number of cyclic esters (lactones) is 1. The summed E-state index contributed by atoms with van der Waals surface area (Å²) in [6, 6.07) is 1.36. The van der Waals surface area contributed by atoms with E-state index in [1.807, 2.05) is 13.8 Å². The van der Waals surface area contributed by atoms with Gasteiger partial charge in [-0.25, -0.2) is 18.2 Å². The molecule has 17 nitrogen and oxygen atoms in total. The van der Waals surface area contributed by atoms with E-state index in [0.29, 0.717) is 50.5 Å². The van der Waals surface area contributed by atoms with Gasteiger partial charge in [-0.05, 0) is 74.3 Å². The number of amides is 4. The predicted octanol–water partition coefficient (Wildman–Crippen LogP) is 4.53. The van der Waals surface area contributed by atoms with Gasteiger partial charge in [-0.2, -0.15) is 21.6 Å². The third-order valence-corrected chi connectivity index (χ3v) is 15.3. The second kappa shape index (κ2) is 17.3. The SMILES string of the molecule is C=C[C@@H]1CC1(NC(=O)[C@@H]1C[C@@H]2CN1C(=O)[C@H](C1CCCCC1)NC(=O)OCC(C)(C)CCCc1cc3c(cc(OS(=O)(=O)C(F)(F)F)nc3cc1OC)O2)C(=O)NS(=O)(=O)C1CC1. The number of carbonyl (C=O) groups is 4. The van der Waals surface area contributed by atoms with E-state index >= 15 is 0 Å². The molecule has 1 aromatic heterocycles. The fourth-order valence-electron chi connectivity index (χ4n) is 8.79. The molecule has 0 spiro atoms. The van der Waals surface area contributed by atoms with Gasteiger partial charge in [0.2, 0.25) is 27.7 Å². The first kappa shape index (κ1) is 46.1. The second-order valence-electron chi connectivity index (χ2n) is 17.9. The van der Waals surface area contributed by atoms with Gasteiger partial charge in [0, 0.05) is 29.9 Å². The molecule has 3 saturated carbocycles. The largest absolute Gasteiger partial charge is 0.534 e. The Hall–Kier alpha value is -4.86. The van der Waals surface area contributed by atoms with Gasteiger partial charge in [-0.1, -0.05) is 39.2 Å². The van der Waals surface area contributed by atoms with Gasteiger partial charge in [0.25, 0.3) is 5.91 Å². The number of aryl methyl sites for hydroxylation is 1. The number of hydrogen-bond acceptors (Lipinski definition) is 13. The third kappa shape index (κ3) is 9.95. The van der Waals surface area contributed by atoms with Crippen molar-refractivity contribution in [3.8, 4) is 17.4 Å². The molecule has 346 valence electrons. The molecule has 2 aromatic rings. The summed E-state index contributed by atoms with van der Waals surface area (Å²) >= 11 is 0. The predicted molar refractivity (Wildman–Crippen MR) is 219 cm³/mol. The van der Waals surface area contributed by atoms with Crippen LogP contribution in [0.5, 0.6) is 17.4 Å². The van der Waals surface area contributed by atoms with Gasteiger partial charge in [-0.3, -0.25) is 19.1 Å². The van der Waals surface area contributed by atoms with Crippen LogP contribution < -0.4 is 29.0 Å². The Bertz CT molecular complexity index is 2390. The van der Waals surface area contributed by atoms with Crippen molar-refractivity contribution < 1.29 is 67.6 Å². The Kier molecular flexibility index (Phi) is 12.6. The minimum absolute atomic E-state index is 0.00725. The third-order valence-electron chi connectivity index (χ3n) is 12.6. The summed E-state index contributed by atoms with van der Waals surface area (Å²) in [5.41, 5.74) is -7.48. The molecule has 7 rings (SSSR count). The van der Waals surface area contributed by atoms with Crippen molar-refractivity contribution in [2.45, 2.75) is 125 Å². The molecule has 2 aliphatic heterocycles. The van der Waals surface area contributed by atoms with Crippen molar-refractivity contribution in [2.75, 3.05) is 20.3 Å². The van der Waals surface area contributed by atoms with Crippen LogP contribution in [-0.2, 0) is 45.7 Å². The molecule has 1 saturated heterocycles. The highest BCUT2D eigenvalue weighted by molar-refractivity contribution is 7.91. The lowest BCUT2D eigenvalue weighted by molar-refractivity contribution is -0.142. The molecule has 3 N–H and O–H groups in total. The lowest BCUT2D eigenvalue weighted by atomic mass is 9.83. The summed E-state index contributed by atoms with van der Waals surface area (Å²) in [6.07, 6.45) is 5.10. The van der Waals surface area contributed by atoms with Gasteiger partial charge < -0.3 is 33.9 Å². The Morgan fingerprint density at radius 1 is 1.05 bits per heavy atom. The summed E-state index contributed by atoms with van der Waals surface area (Å²) in [6.45, 7) is 7.22. The average Bonchev–Trinajstić information content (AvgIpc) is 4.15. The number of carbonyl (C=O) groups excluding carboxylic acids is 4. The molecular formula is C41H52F3N5O12S2. The van der Waals surface area contributed by atoms with E-state index in [0.717, 1.165) is 25.3 Å². The maximum atomic E-state index is 14.9. The number of methoxy groups -OCH3 is 1. The summed E-state index contributed by atoms with van der Waals surface area (Å²) < 4.78 is 115. The molecule has 5 aliphatic rings. The van der Waals surface area contributed by atoms with Gasteiger partial charge in [-0.15, -0.1) is 6.58 Å². The van der Waals surface area contributed by atoms with Crippen LogP contribution in [-0.4, -0.2) is 105 Å². The van der Waals surface area contributed by atoms with E-state index in [1.54, 1.807) is 6.07 Å². The molecule has 5 atom stereocenters. The van der Waals surface area contributed by atoms with Crippen molar-refractivity contribution in [3.63, 3.8) is 0 Å². The number of pyridine rings is 1. The highest BCUT2D eigenvalue weighted by Gasteiger charge is 2.62. The maximum Gasteiger partial charge on any atom is 0.534 e. The van der Waals surface area contributed by atoms with E-state index in [2.05, 4.69) is 31.1 Å². The highest BCUT2D eigenvalue weighted by Crippen LogP contribution is 2.46. The molecule has 1 unspecified atom stereocenters. The van der Waals surface area contributed by atoms with Crippen LogP contribution in [0.25, 0.3) is 10.9 Å². The number of ether oxygens (including phenoxy) is 3. The molecule has 63 heavy (non-hydrogen) atoms. The fourth-order valence-corrected chi connectivity index (χ4v) is 10.6. The number of rotatable bonds is 10. The smallest absolute Gasteiger partial charge is 0.496 e. The second-order valence-corrected chi connectivity index (χ2v) is 21.4. The molecule has 22 heteroatoms. The van der Waals surface area contributed by atoms with Crippen molar-refractivity contribution in [2.24, 2.45) is 17.3 Å². The summed E-state index contributed by atoms with van der Waals surface area (Å²) in [5.74, 6) is -4.37. The zero-order chi connectivity index (χ0) is 45.7. The molecule has 4 bridgehead atoms. The quantitative estimate of drug-likeness (QED) is 0.169. The van der Waals surface area contributed by atoms with E-state index in [1.165, 1.54) is 24.2 Å². The number of aromatic nitrogens is 1. The van der Waals surface area contributed by atoms with Crippen LogP contribution in [0.2, 0.25) is 0 Å². The summed E-state index contributed by atoms with van der Waals surface area (Å²) in [7, 11) is -8.84. The number of sulfonamides is 1. The molecular weight excluding hydrogens is 876 g/mol. The number of benzene rings is 1. The van der Waals surface area contributed by atoms with Crippen LogP contribution in [0.1, 0.15) is 90.0 Å². The zero-order valence-corrected chi connectivity index (χ0v) is 36.8. The van der Waals surface area contributed by atoms with Gasteiger partial charge in [0.05, 0.1) is 31.0 Å². The minimum Gasteiger partial charge on any atom is -0.496 e. The number of alkyl halides is 3. The van der Waals surface area contributed by atoms with Crippen molar-refractivity contribution in [1.82, 2.24) is 25.2 Å². The fraction of sp³-hybridized carbons (Fsp3) is 0.634. The lowest BCUT2D eigenvalue weighted by Crippen LogP contribution is -2.59. The maximum absolute atomic E-state index is 14.9. The zero-order valence-electron chi connectivity index (χ0n) is 35.1. The first-order valence-electron chi connectivity index (χ1n) is 21.0. The van der Waals surface area contributed by atoms with Crippen molar-refractivity contribution in [1.29, 1.82) is 0 Å². The topological polar surface area (TPSA) is 226 Å². The van der Waals surface area contributed by atoms with Crippen LogP contribution in [0.3, 0.4) is 0 Å². The number of halogens is 3. The van der Waals surface area contributed by atoms with Crippen LogP contribution in [0.4, 0.5) is 18.0 Å². The first-order chi connectivity index (χ1) is 29.6. The molecule has 4 fully saturated rings. The number of nitrogens with one attached hydrogen (secondary N) is 3. The minimum atomic E-state index is -6.19. The Labute approximate surface area is 363 Å². The molecule has 1 aromatic carbocycles. The number of fused-ring (bicyclic) bond motifs is 3.